The highest BCUT2D eigenvalue weighted by Gasteiger charge is 2.42. The minimum Gasteiger partial charge on any atom is -0.497 e. The Balaban J connectivity index is 1.09. The number of likely N-dealkylation sites (tertiary alicyclic amines) is 2. The van der Waals surface area contributed by atoms with E-state index in [1.54, 1.807) is 7.11 Å². The minimum atomic E-state index is -0.127. The SMILES string of the molecule is COc1ccc(-c2noc(CCC(=O)N3CCC4(CCN(C(=O)C#Cc5ccccc5)CC4)C3)n2)cc1. The van der Waals surface area contributed by atoms with Gasteiger partial charge in [-0.3, -0.25) is 9.59 Å². The van der Waals surface area contributed by atoms with Crippen LogP contribution < -0.4 is 4.74 Å². The van der Waals surface area contributed by atoms with E-state index in [0.29, 0.717) is 37.6 Å². The molecule has 0 N–H and O–H groups in total. The van der Waals surface area contributed by atoms with Crippen molar-refractivity contribution >= 4 is 11.8 Å². The highest BCUT2D eigenvalue weighted by atomic mass is 16.5. The van der Waals surface area contributed by atoms with Gasteiger partial charge < -0.3 is 19.1 Å². The molecule has 2 fully saturated rings. The Morgan fingerprint density at radius 3 is 2.41 bits per heavy atom. The number of nitrogens with zero attached hydrogens (tertiary/aromatic N) is 4. The number of aromatic nitrogens is 2. The highest BCUT2D eigenvalue weighted by Crippen LogP contribution is 2.40. The third kappa shape index (κ3) is 5.83. The van der Waals surface area contributed by atoms with E-state index in [1.807, 2.05) is 64.4 Å². The Kier molecular flexibility index (Phi) is 7.22. The van der Waals surface area contributed by atoms with Crippen LogP contribution in [0.1, 0.15) is 37.1 Å². The van der Waals surface area contributed by atoms with Crippen LogP contribution in [0.4, 0.5) is 0 Å². The molecule has 0 bridgehead atoms. The van der Waals surface area contributed by atoms with Gasteiger partial charge in [-0.1, -0.05) is 29.3 Å². The van der Waals surface area contributed by atoms with Crippen molar-refractivity contribution in [2.45, 2.75) is 32.1 Å². The number of amides is 2. The van der Waals surface area contributed by atoms with Gasteiger partial charge in [0.05, 0.1) is 7.11 Å². The fourth-order valence-electron chi connectivity index (χ4n) is 5.05. The fraction of sp³-hybridized carbons (Fsp3) is 0.379. The molecule has 5 rings (SSSR count). The maximum absolute atomic E-state index is 12.9. The predicted molar refractivity (Wildman–Crippen MR) is 137 cm³/mol. The van der Waals surface area contributed by atoms with Crippen molar-refractivity contribution in [1.29, 1.82) is 0 Å². The van der Waals surface area contributed by atoms with Crippen LogP contribution in [-0.4, -0.2) is 65.0 Å². The quantitative estimate of drug-likeness (QED) is 0.500. The van der Waals surface area contributed by atoms with Crippen LogP contribution in [0.5, 0.6) is 5.75 Å². The van der Waals surface area contributed by atoms with Crippen molar-refractivity contribution in [3.8, 4) is 29.0 Å². The molecule has 0 saturated carbocycles. The Morgan fingerprint density at radius 1 is 1.00 bits per heavy atom. The van der Waals surface area contributed by atoms with Gasteiger partial charge in [0.15, 0.2) is 0 Å². The number of hydrogen-bond acceptors (Lipinski definition) is 6. The van der Waals surface area contributed by atoms with Crippen molar-refractivity contribution in [1.82, 2.24) is 19.9 Å². The second-order valence-electron chi connectivity index (χ2n) is 9.71. The van der Waals surface area contributed by atoms with Crippen LogP contribution >= 0.6 is 0 Å². The lowest BCUT2D eigenvalue weighted by Crippen LogP contribution is -2.44. The van der Waals surface area contributed by atoms with E-state index < -0.39 is 0 Å². The third-order valence-corrected chi connectivity index (χ3v) is 7.36. The zero-order valence-corrected chi connectivity index (χ0v) is 21.0. The number of carbonyl (C=O) groups is 2. The first-order chi connectivity index (χ1) is 18.0. The molecule has 37 heavy (non-hydrogen) atoms. The normalized spacial score (nSPS) is 16.4. The lowest BCUT2D eigenvalue weighted by Gasteiger charge is -2.38. The molecule has 8 heteroatoms. The lowest BCUT2D eigenvalue weighted by molar-refractivity contribution is -0.131. The van der Waals surface area contributed by atoms with E-state index in [2.05, 4.69) is 22.0 Å². The van der Waals surface area contributed by atoms with Gasteiger partial charge in [-0.15, -0.1) is 0 Å². The van der Waals surface area contributed by atoms with Crippen LogP contribution in [0.3, 0.4) is 0 Å². The number of piperidine rings is 1. The zero-order chi connectivity index (χ0) is 25.7. The van der Waals surface area contributed by atoms with Gasteiger partial charge in [0.2, 0.25) is 17.6 Å². The van der Waals surface area contributed by atoms with Gasteiger partial charge >= 0.3 is 0 Å². The molecule has 0 radical (unpaired) electrons. The number of methoxy groups -OCH3 is 1. The van der Waals surface area contributed by atoms with Gasteiger partial charge in [0, 0.05) is 56.1 Å². The molecule has 8 nitrogen and oxygen atoms in total. The smallest absolute Gasteiger partial charge is 0.298 e. The first-order valence-corrected chi connectivity index (χ1v) is 12.6. The number of aryl methyl sites for hydroxylation is 1. The molecule has 2 saturated heterocycles. The Labute approximate surface area is 216 Å². The van der Waals surface area contributed by atoms with E-state index in [4.69, 9.17) is 9.26 Å². The topological polar surface area (TPSA) is 88.8 Å². The van der Waals surface area contributed by atoms with Crippen LogP contribution in [0.15, 0.2) is 59.1 Å². The van der Waals surface area contributed by atoms with Crippen molar-refractivity contribution in [2.75, 3.05) is 33.3 Å². The second-order valence-corrected chi connectivity index (χ2v) is 9.71. The fourth-order valence-corrected chi connectivity index (χ4v) is 5.05. The molecule has 1 spiro atoms. The summed E-state index contributed by atoms with van der Waals surface area (Å²) in [5.74, 6) is 7.42. The van der Waals surface area contributed by atoms with Gasteiger partial charge in [-0.05, 0) is 61.1 Å². The average molecular weight is 499 g/mol. The summed E-state index contributed by atoms with van der Waals surface area (Å²) in [6, 6.07) is 17.0. The maximum atomic E-state index is 12.9. The molecule has 3 heterocycles. The van der Waals surface area contributed by atoms with Gasteiger partial charge in [-0.2, -0.15) is 4.98 Å². The molecule has 0 unspecified atom stereocenters. The summed E-state index contributed by atoms with van der Waals surface area (Å²) < 4.78 is 10.5. The summed E-state index contributed by atoms with van der Waals surface area (Å²) in [5.41, 5.74) is 1.76. The molecule has 190 valence electrons. The number of carbonyl (C=O) groups excluding carboxylic acids is 2. The van der Waals surface area contributed by atoms with E-state index in [9.17, 15) is 9.59 Å². The number of rotatable bonds is 5. The average Bonchev–Trinajstić information content (AvgIpc) is 3.59. The molecule has 0 aliphatic carbocycles. The van der Waals surface area contributed by atoms with Gasteiger partial charge in [0.1, 0.15) is 5.75 Å². The molecule has 3 aromatic rings. The van der Waals surface area contributed by atoms with Crippen LogP contribution in [0, 0.1) is 17.3 Å². The number of hydrogen-bond donors (Lipinski definition) is 0. The second kappa shape index (κ2) is 10.9. The molecule has 2 amide bonds. The number of ether oxygens (including phenoxy) is 1. The Morgan fingerprint density at radius 2 is 1.70 bits per heavy atom. The molecule has 2 aliphatic heterocycles. The highest BCUT2D eigenvalue weighted by molar-refractivity contribution is 5.94. The van der Waals surface area contributed by atoms with Crippen molar-refractivity contribution in [3.05, 3.63) is 66.1 Å². The standard InChI is InChI=1S/C29H30N4O4/c1-36-24-10-8-23(9-11-24)28-30-25(37-31-28)12-14-27(35)33-20-17-29(21-33)15-18-32(19-16-29)26(34)13-7-22-5-3-2-4-6-22/h2-6,8-11H,12,14-21H2,1H3. The summed E-state index contributed by atoms with van der Waals surface area (Å²) in [6.45, 7) is 2.85. The summed E-state index contributed by atoms with van der Waals surface area (Å²) >= 11 is 0. The van der Waals surface area contributed by atoms with Crippen LogP contribution in [-0.2, 0) is 16.0 Å². The minimum absolute atomic E-state index is 0.0886. The summed E-state index contributed by atoms with van der Waals surface area (Å²) in [7, 11) is 1.62. The predicted octanol–water partition coefficient (Wildman–Crippen LogP) is 3.57. The van der Waals surface area contributed by atoms with Crippen LogP contribution in [0.2, 0.25) is 0 Å². The Hall–Kier alpha value is -4.12. The van der Waals surface area contributed by atoms with Crippen molar-refractivity contribution in [2.24, 2.45) is 5.41 Å². The molecular weight excluding hydrogens is 468 g/mol. The molecular formula is C29H30N4O4. The lowest BCUT2D eigenvalue weighted by atomic mass is 9.78. The molecule has 2 aromatic carbocycles. The summed E-state index contributed by atoms with van der Waals surface area (Å²) in [4.78, 5) is 33.7. The first kappa shape index (κ1) is 24.6. The van der Waals surface area contributed by atoms with E-state index in [0.717, 1.165) is 49.2 Å². The third-order valence-electron chi connectivity index (χ3n) is 7.36. The molecule has 0 atom stereocenters. The van der Waals surface area contributed by atoms with E-state index >= 15 is 0 Å². The molecule has 2 aliphatic rings. The van der Waals surface area contributed by atoms with E-state index in [1.165, 1.54) is 0 Å². The number of benzene rings is 2. The van der Waals surface area contributed by atoms with E-state index in [-0.39, 0.29) is 17.2 Å². The summed E-state index contributed by atoms with van der Waals surface area (Å²) in [6.07, 6.45) is 3.50. The van der Waals surface area contributed by atoms with Gasteiger partial charge in [-0.25, -0.2) is 0 Å². The first-order valence-electron chi connectivity index (χ1n) is 12.6. The summed E-state index contributed by atoms with van der Waals surface area (Å²) in [5, 5.41) is 4.04. The van der Waals surface area contributed by atoms with Crippen LogP contribution in [0.25, 0.3) is 11.4 Å². The zero-order valence-electron chi connectivity index (χ0n) is 21.0. The monoisotopic (exact) mass is 498 g/mol. The van der Waals surface area contributed by atoms with Crippen molar-refractivity contribution < 1.29 is 18.8 Å². The van der Waals surface area contributed by atoms with Crippen molar-refractivity contribution in [3.63, 3.8) is 0 Å². The maximum Gasteiger partial charge on any atom is 0.298 e. The van der Waals surface area contributed by atoms with Gasteiger partial charge in [0.25, 0.3) is 5.91 Å². The molecule has 1 aromatic heterocycles. The largest absolute Gasteiger partial charge is 0.497 e. The Bertz CT molecular complexity index is 1300.